The van der Waals surface area contributed by atoms with E-state index in [9.17, 15) is 4.79 Å². The zero-order valence-corrected chi connectivity index (χ0v) is 13.5. The zero-order chi connectivity index (χ0) is 15.2. The van der Waals surface area contributed by atoms with Gasteiger partial charge in [0.25, 0.3) is 0 Å². The summed E-state index contributed by atoms with van der Waals surface area (Å²) in [5, 5.41) is 5.61. The summed E-state index contributed by atoms with van der Waals surface area (Å²) < 4.78 is -1.62. The normalized spacial score (nSPS) is 13.7. The number of nitrogens with one attached hydrogen (secondary N) is 2. The predicted molar refractivity (Wildman–Crippen MR) is 86.0 cm³/mol. The molecule has 0 spiro atoms. The van der Waals surface area contributed by atoms with Gasteiger partial charge in [-0.15, -0.1) is 0 Å². The Kier molecular flexibility index (Phi) is 6.83. The Bertz CT molecular complexity index is 455. The fraction of sp³-hybridized carbons (Fsp3) is 0.357. The highest BCUT2D eigenvalue weighted by Crippen LogP contribution is 2.29. The number of carbonyl (C=O) groups excluding carboxylic acids is 1. The summed E-state index contributed by atoms with van der Waals surface area (Å²) in [6.45, 7) is 3.80. The Morgan fingerprint density at radius 3 is 2.30 bits per heavy atom. The van der Waals surface area contributed by atoms with Crippen LogP contribution in [-0.2, 0) is 4.79 Å². The molecule has 20 heavy (non-hydrogen) atoms. The SMILES string of the molecule is CC(C)N[C@H](NC(=O)/C=C/c1ccccc1)C(Cl)(Cl)Cl. The van der Waals surface area contributed by atoms with E-state index in [2.05, 4.69) is 10.6 Å². The van der Waals surface area contributed by atoms with Crippen molar-refractivity contribution in [2.24, 2.45) is 0 Å². The molecule has 0 bridgehead atoms. The highest BCUT2D eigenvalue weighted by atomic mass is 35.6. The van der Waals surface area contributed by atoms with Crippen molar-refractivity contribution in [3.8, 4) is 0 Å². The van der Waals surface area contributed by atoms with E-state index in [4.69, 9.17) is 34.8 Å². The minimum atomic E-state index is -1.62. The second kappa shape index (κ2) is 7.89. The maximum Gasteiger partial charge on any atom is 0.245 e. The van der Waals surface area contributed by atoms with Crippen molar-refractivity contribution in [2.75, 3.05) is 0 Å². The lowest BCUT2D eigenvalue weighted by Crippen LogP contribution is -2.55. The van der Waals surface area contributed by atoms with Crippen LogP contribution in [0, 0.1) is 0 Å². The van der Waals surface area contributed by atoms with Gasteiger partial charge >= 0.3 is 0 Å². The van der Waals surface area contributed by atoms with E-state index in [-0.39, 0.29) is 11.9 Å². The predicted octanol–water partition coefficient (Wildman–Crippen LogP) is 3.51. The number of amides is 1. The summed E-state index contributed by atoms with van der Waals surface area (Å²) in [6, 6.07) is 9.53. The molecule has 0 aliphatic rings. The lowest BCUT2D eigenvalue weighted by atomic mass is 10.2. The Labute approximate surface area is 134 Å². The lowest BCUT2D eigenvalue weighted by molar-refractivity contribution is -0.117. The van der Waals surface area contributed by atoms with Crippen molar-refractivity contribution in [1.29, 1.82) is 0 Å². The smallest absolute Gasteiger partial charge is 0.245 e. The fourth-order valence-corrected chi connectivity index (χ4v) is 1.83. The molecule has 1 aromatic rings. The summed E-state index contributed by atoms with van der Waals surface area (Å²) in [6.07, 6.45) is 2.33. The van der Waals surface area contributed by atoms with Crippen LogP contribution in [0.5, 0.6) is 0 Å². The van der Waals surface area contributed by atoms with Gasteiger partial charge in [0, 0.05) is 12.1 Å². The molecule has 0 aliphatic carbocycles. The molecule has 110 valence electrons. The van der Waals surface area contributed by atoms with Crippen LogP contribution in [0.3, 0.4) is 0 Å². The molecular formula is C14H17Cl3N2O. The molecular weight excluding hydrogens is 319 g/mol. The molecule has 0 saturated heterocycles. The van der Waals surface area contributed by atoms with E-state index < -0.39 is 9.96 Å². The topological polar surface area (TPSA) is 41.1 Å². The molecule has 1 aromatic carbocycles. The zero-order valence-electron chi connectivity index (χ0n) is 11.2. The van der Waals surface area contributed by atoms with E-state index in [1.807, 2.05) is 44.2 Å². The van der Waals surface area contributed by atoms with Crippen LogP contribution < -0.4 is 10.6 Å². The van der Waals surface area contributed by atoms with E-state index in [0.29, 0.717) is 0 Å². The summed E-state index contributed by atoms with van der Waals surface area (Å²) in [5.74, 6) is -0.335. The third kappa shape index (κ3) is 6.62. The Morgan fingerprint density at radius 1 is 1.20 bits per heavy atom. The molecule has 0 aromatic heterocycles. The summed E-state index contributed by atoms with van der Waals surface area (Å²) in [7, 11) is 0. The van der Waals surface area contributed by atoms with Crippen LogP contribution in [0.25, 0.3) is 6.08 Å². The maximum absolute atomic E-state index is 11.8. The van der Waals surface area contributed by atoms with Gasteiger partial charge in [-0.05, 0) is 25.5 Å². The molecule has 0 radical (unpaired) electrons. The van der Waals surface area contributed by atoms with Gasteiger partial charge < -0.3 is 5.32 Å². The van der Waals surface area contributed by atoms with E-state index in [1.165, 1.54) is 6.08 Å². The Hall–Kier alpha value is -0.740. The molecule has 1 rings (SSSR count). The number of halogens is 3. The van der Waals surface area contributed by atoms with Crippen LogP contribution in [0.2, 0.25) is 0 Å². The van der Waals surface area contributed by atoms with Crippen LogP contribution >= 0.6 is 34.8 Å². The number of rotatable bonds is 5. The summed E-state index contributed by atoms with van der Waals surface area (Å²) in [4.78, 5) is 11.8. The second-order valence-corrected chi connectivity index (χ2v) is 6.92. The van der Waals surface area contributed by atoms with Gasteiger partial charge in [-0.25, -0.2) is 0 Å². The minimum Gasteiger partial charge on any atom is -0.333 e. The van der Waals surface area contributed by atoms with Crippen LogP contribution in [0.15, 0.2) is 36.4 Å². The van der Waals surface area contributed by atoms with Gasteiger partial charge in [0.05, 0.1) is 0 Å². The van der Waals surface area contributed by atoms with Crippen molar-refractivity contribution < 1.29 is 4.79 Å². The number of hydrogen-bond donors (Lipinski definition) is 2. The minimum absolute atomic E-state index is 0.0639. The quantitative estimate of drug-likeness (QED) is 0.491. The van der Waals surface area contributed by atoms with Crippen molar-refractivity contribution in [3.05, 3.63) is 42.0 Å². The van der Waals surface area contributed by atoms with Crippen LogP contribution in [0.1, 0.15) is 19.4 Å². The second-order valence-electron chi connectivity index (χ2n) is 4.55. The average Bonchev–Trinajstić information content (AvgIpc) is 2.35. The number of hydrogen-bond acceptors (Lipinski definition) is 2. The number of benzene rings is 1. The molecule has 1 amide bonds. The van der Waals surface area contributed by atoms with Gasteiger partial charge in [0.15, 0.2) is 0 Å². The first kappa shape index (κ1) is 17.3. The van der Waals surface area contributed by atoms with Crippen molar-refractivity contribution in [1.82, 2.24) is 10.6 Å². The Balaban J connectivity index is 2.65. The van der Waals surface area contributed by atoms with Crippen molar-refractivity contribution in [2.45, 2.75) is 29.8 Å². The fourth-order valence-electron chi connectivity index (χ4n) is 1.48. The molecule has 0 fully saturated rings. The first-order valence-electron chi connectivity index (χ1n) is 6.15. The van der Waals surface area contributed by atoms with Crippen LogP contribution in [0.4, 0.5) is 0 Å². The average molecular weight is 336 g/mol. The first-order valence-corrected chi connectivity index (χ1v) is 7.29. The van der Waals surface area contributed by atoms with E-state index in [1.54, 1.807) is 6.08 Å². The summed E-state index contributed by atoms with van der Waals surface area (Å²) >= 11 is 17.5. The van der Waals surface area contributed by atoms with Gasteiger partial charge in [-0.3, -0.25) is 10.1 Å². The van der Waals surface area contributed by atoms with E-state index in [0.717, 1.165) is 5.56 Å². The maximum atomic E-state index is 11.8. The third-order valence-electron chi connectivity index (χ3n) is 2.34. The molecule has 3 nitrogen and oxygen atoms in total. The largest absolute Gasteiger partial charge is 0.333 e. The monoisotopic (exact) mass is 334 g/mol. The number of carbonyl (C=O) groups is 1. The molecule has 0 unspecified atom stereocenters. The molecule has 1 atom stereocenters. The molecule has 0 saturated carbocycles. The van der Waals surface area contributed by atoms with Crippen LogP contribution in [-0.4, -0.2) is 21.9 Å². The Morgan fingerprint density at radius 2 is 1.80 bits per heavy atom. The lowest BCUT2D eigenvalue weighted by Gasteiger charge is -2.27. The molecule has 0 aliphatic heterocycles. The summed E-state index contributed by atoms with van der Waals surface area (Å²) in [5.41, 5.74) is 0.921. The third-order valence-corrected chi connectivity index (χ3v) is 3.00. The molecule has 2 N–H and O–H groups in total. The standard InChI is InChI=1S/C14H17Cl3N2O/c1-10(2)18-13(14(15,16)17)19-12(20)9-8-11-6-4-3-5-7-11/h3-10,13,18H,1-2H3,(H,19,20)/b9-8+/t13-/m1/s1. The van der Waals surface area contributed by atoms with E-state index >= 15 is 0 Å². The number of alkyl halides is 3. The van der Waals surface area contributed by atoms with Gasteiger partial charge in [-0.2, -0.15) is 0 Å². The highest BCUT2D eigenvalue weighted by molar-refractivity contribution is 6.68. The van der Waals surface area contributed by atoms with Gasteiger partial charge in [-0.1, -0.05) is 65.1 Å². The molecule has 6 heteroatoms. The van der Waals surface area contributed by atoms with Gasteiger partial charge in [0.1, 0.15) is 6.17 Å². The molecule has 0 heterocycles. The first-order chi connectivity index (χ1) is 9.29. The van der Waals surface area contributed by atoms with Gasteiger partial charge in [0.2, 0.25) is 9.70 Å². The van der Waals surface area contributed by atoms with Crippen molar-refractivity contribution in [3.63, 3.8) is 0 Å². The highest BCUT2D eigenvalue weighted by Gasteiger charge is 2.33. The van der Waals surface area contributed by atoms with Crippen molar-refractivity contribution >= 4 is 46.8 Å².